The quantitative estimate of drug-likeness (QED) is 0.613. The van der Waals surface area contributed by atoms with Gasteiger partial charge in [-0.25, -0.2) is 14.3 Å². The third kappa shape index (κ3) is 4.57. The highest BCUT2D eigenvalue weighted by molar-refractivity contribution is 6.30. The van der Waals surface area contributed by atoms with E-state index in [1.54, 1.807) is 23.1 Å². The third-order valence-electron chi connectivity index (χ3n) is 5.87. The summed E-state index contributed by atoms with van der Waals surface area (Å²) in [6, 6.07) is 6.94. The SMILES string of the molecule is CC(C)(C)[C@@H]([C@@H](Oc1ccc(Cl)cc1)n1cncn1)n1nnnc1C1(N)CCCCC1. The molecule has 1 aliphatic carbocycles. The zero-order chi connectivity index (χ0) is 22.1. The van der Waals surface area contributed by atoms with Crippen LogP contribution in [0.15, 0.2) is 36.9 Å². The molecule has 2 atom stereocenters. The van der Waals surface area contributed by atoms with Crippen LogP contribution in [-0.4, -0.2) is 35.0 Å². The monoisotopic (exact) mass is 444 g/mol. The maximum Gasteiger partial charge on any atom is 0.215 e. The molecule has 166 valence electrons. The largest absolute Gasteiger partial charge is 0.466 e. The van der Waals surface area contributed by atoms with Gasteiger partial charge >= 0.3 is 0 Å². The Balaban J connectivity index is 1.79. The molecule has 1 saturated carbocycles. The lowest BCUT2D eigenvalue weighted by Gasteiger charge is -2.39. The molecule has 2 N–H and O–H groups in total. The minimum Gasteiger partial charge on any atom is -0.466 e. The number of halogens is 1. The third-order valence-corrected chi connectivity index (χ3v) is 6.12. The predicted molar refractivity (Wildman–Crippen MR) is 116 cm³/mol. The molecular weight excluding hydrogens is 416 g/mol. The normalized spacial score (nSPS) is 18.5. The van der Waals surface area contributed by atoms with E-state index in [4.69, 9.17) is 22.1 Å². The summed E-state index contributed by atoms with van der Waals surface area (Å²) < 4.78 is 9.98. The van der Waals surface area contributed by atoms with Crippen molar-refractivity contribution in [3.63, 3.8) is 0 Å². The highest BCUT2D eigenvalue weighted by Crippen LogP contribution is 2.43. The minimum atomic E-state index is -0.557. The molecule has 1 aliphatic rings. The molecule has 0 amide bonds. The first-order chi connectivity index (χ1) is 14.8. The van der Waals surface area contributed by atoms with Crippen LogP contribution in [0.2, 0.25) is 5.02 Å². The second-order valence-corrected chi connectivity index (χ2v) is 9.75. The number of ether oxygens (including phenoxy) is 1. The molecular formula is C21H29ClN8O. The lowest BCUT2D eigenvalue weighted by Crippen LogP contribution is -2.45. The summed E-state index contributed by atoms with van der Waals surface area (Å²) in [6.07, 6.45) is 7.61. The van der Waals surface area contributed by atoms with Gasteiger partial charge < -0.3 is 10.5 Å². The van der Waals surface area contributed by atoms with Gasteiger partial charge in [0.05, 0.1) is 5.54 Å². The van der Waals surface area contributed by atoms with Crippen LogP contribution in [0.1, 0.15) is 71.0 Å². The molecule has 9 nitrogen and oxygen atoms in total. The molecule has 1 fully saturated rings. The summed E-state index contributed by atoms with van der Waals surface area (Å²) in [4.78, 5) is 4.14. The van der Waals surface area contributed by atoms with Gasteiger partial charge in [0.15, 0.2) is 5.82 Å². The molecule has 0 unspecified atom stereocenters. The molecule has 0 bridgehead atoms. The number of hydrogen-bond acceptors (Lipinski definition) is 7. The number of rotatable bonds is 6. The molecule has 0 saturated heterocycles. The van der Waals surface area contributed by atoms with Crippen molar-refractivity contribution in [2.75, 3.05) is 0 Å². The van der Waals surface area contributed by atoms with Crippen molar-refractivity contribution in [1.29, 1.82) is 0 Å². The molecule has 0 spiro atoms. The van der Waals surface area contributed by atoms with Crippen LogP contribution in [0.4, 0.5) is 0 Å². The van der Waals surface area contributed by atoms with Crippen LogP contribution in [0, 0.1) is 5.41 Å². The standard InChI is InChI=1S/C21H29ClN8O/c1-20(2,3)17(30-19(26-27-28-30)21(23)11-5-4-6-12-21)18(29-14-24-13-25-29)31-16-9-7-15(22)8-10-16/h7-10,13-14,17-18H,4-6,11-12,23H2,1-3H3/t17-,18-/m1/s1. The molecule has 0 radical (unpaired) electrons. The van der Waals surface area contributed by atoms with Crippen molar-refractivity contribution in [3.8, 4) is 5.75 Å². The first kappa shape index (κ1) is 21.7. The van der Waals surface area contributed by atoms with E-state index in [0.717, 1.165) is 25.7 Å². The number of nitrogens with zero attached hydrogens (tertiary/aromatic N) is 7. The Morgan fingerprint density at radius 3 is 2.45 bits per heavy atom. The number of tetrazole rings is 1. The van der Waals surface area contributed by atoms with Gasteiger partial charge in [0, 0.05) is 5.02 Å². The van der Waals surface area contributed by atoms with Gasteiger partial charge in [-0.05, 0) is 52.9 Å². The second kappa shape index (κ2) is 8.55. The fourth-order valence-corrected chi connectivity index (χ4v) is 4.42. The average molecular weight is 445 g/mol. The number of hydrogen-bond donors (Lipinski definition) is 1. The van der Waals surface area contributed by atoms with Gasteiger partial charge in [0.25, 0.3) is 0 Å². The maximum absolute atomic E-state index is 6.84. The van der Waals surface area contributed by atoms with Gasteiger partial charge in [0.1, 0.15) is 24.4 Å². The smallest absolute Gasteiger partial charge is 0.215 e. The molecule has 0 aliphatic heterocycles. The fraction of sp³-hybridized carbons (Fsp3) is 0.571. The van der Waals surface area contributed by atoms with Crippen molar-refractivity contribution in [2.45, 2.75) is 70.7 Å². The van der Waals surface area contributed by atoms with Crippen LogP contribution in [0.3, 0.4) is 0 Å². The molecule has 1 aromatic carbocycles. The number of nitrogens with two attached hydrogens (primary N) is 1. The van der Waals surface area contributed by atoms with Gasteiger partial charge in [-0.1, -0.05) is 51.6 Å². The number of aromatic nitrogens is 7. The van der Waals surface area contributed by atoms with Crippen molar-refractivity contribution in [2.24, 2.45) is 11.1 Å². The van der Waals surface area contributed by atoms with Crippen molar-refractivity contribution in [1.82, 2.24) is 35.0 Å². The molecule has 2 aromatic heterocycles. The molecule has 3 aromatic rings. The Morgan fingerprint density at radius 1 is 1.13 bits per heavy atom. The summed E-state index contributed by atoms with van der Waals surface area (Å²) in [5, 5.41) is 17.8. The highest BCUT2D eigenvalue weighted by Gasteiger charge is 2.44. The highest BCUT2D eigenvalue weighted by atomic mass is 35.5. The van der Waals surface area contributed by atoms with E-state index in [0.29, 0.717) is 16.6 Å². The molecule has 10 heteroatoms. The summed E-state index contributed by atoms with van der Waals surface area (Å²) in [6.45, 7) is 6.38. The zero-order valence-corrected chi connectivity index (χ0v) is 18.9. The fourth-order valence-electron chi connectivity index (χ4n) is 4.29. The van der Waals surface area contributed by atoms with E-state index >= 15 is 0 Å². The minimum absolute atomic E-state index is 0.293. The van der Waals surface area contributed by atoms with Crippen LogP contribution in [-0.2, 0) is 5.54 Å². The molecule has 4 rings (SSSR count). The van der Waals surface area contributed by atoms with E-state index in [-0.39, 0.29) is 11.5 Å². The maximum atomic E-state index is 6.84. The summed E-state index contributed by atoms with van der Waals surface area (Å²) in [5.74, 6) is 1.35. The summed E-state index contributed by atoms with van der Waals surface area (Å²) >= 11 is 6.06. The van der Waals surface area contributed by atoms with Gasteiger partial charge in [0.2, 0.25) is 6.23 Å². The predicted octanol–water partition coefficient (Wildman–Crippen LogP) is 3.90. The van der Waals surface area contributed by atoms with E-state index in [1.807, 2.05) is 16.8 Å². The first-order valence-electron chi connectivity index (χ1n) is 10.6. The van der Waals surface area contributed by atoms with Crippen LogP contribution in [0.5, 0.6) is 5.75 Å². The van der Waals surface area contributed by atoms with Crippen molar-refractivity contribution in [3.05, 3.63) is 47.8 Å². The van der Waals surface area contributed by atoms with Gasteiger partial charge in [-0.15, -0.1) is 5.10 Å². The average Bonchev–Trinajstić information content (AvgIpc) is 3.41. The van der Waals surface area contributed by atoms with E-state index in [2.05, 4.69) is 46.4 Å². The van der Waals surface area contributed by atoms with E-state index in [1.165, 1.54) is 12.7 Å². The number of benzene rings is 1. The van der Waals surface area contributed by atoms with Gasteiger partial charge in [-0.2, -0.15) is 5.10 Å². The van der Waals surface area contributed by atoms with Crippen molar-refractivity contribution < 1.29 is 4.74 Å². The Kier molecular flexibility index (Phi) is 5.98. The topological polar surface area (TPSA) is 110 Å². The Morgan fingerprint density at radius 2 is 1.84 bits per heavy atom. The van der Waals surface area contributed by atoms with E-state index < -0.39 is 11.8 Å². The van der Waals surface area contributed by atoms with Crippen molar-refractivity contribution >= 4 is 11.6 Å². The lowest BCUT2D eigenvalue weighted by molar-refractivity contribution is -0.00272. The summed E-state index contributed by atoms with van der Waals surface area (Å²) in [7, 11) is 0. The molecule has 2 heterocycles. The Labute approximate surface area is 186 Å². The second-order valence-electron chi connectivity index (χ2n) is 9.31. The molecule has 31 heavy (non-hydrogen) atoms. The Hall–Kier alpha value is -2.52. The Bertz CT molecular complexity index is 974. The van der Waals surface area contributed by atoms with Crippen LogP contribution < -0.4 is 10.5 Å². The van der Waals surface area contributed by atoms with Gasteiger partial charge in [-0.3, -0.25) is 0 Å². The van der Waals surface area contributed by atoms with Crippen LogP contribution >= 0.6 is 11.6 Å². The first-order valence-corrected chi connectivity index (χ1v) is 11.0. The van der Waals surface area contributed by atoms with E-state index in [9.17, 15) is 0 Å². The summed E-state index contributed by atoms with van der Waals surface area (Å²) in [5.41, 5.74) is 5.99. The van der Waals surface area contributed by atoms with Crippen LogP contribution in [0.25, 0.3) is 0 Å². The zero-order valence-electron chi connectivity index (χ0n) is 18.1. The lowest BCUT2D eigenvalue weighted by atomic mass is 9.80.